The summed E-state index contributed by atoms with van der Waals surface area (Å²) in [5.41, 5.74) is 1.40. The van der Waals surface area contributed by atoms with E-state index < -0.39 is 0 Å². The van der Waals surface area contributed by atoms with Crippen molar-refractivity contribution in [2.75, 3.05) is 6.79 Å². The third-order valence-electron chi connectivity index (χ3n) is 3.17. The third kappa shape index (κ3) is 2.94. The molecule has 1 aliphatic rings. The lowest BCUT2D eigenvalue weighted by Gasteiger charge is -2.06. The Bertz CT molecular complexity index is 656. The van der Waals surface area contributed by atoms with Gasteiger partial charge in [0.05, 0.1) is 5.56 Å². The van der Waals surface area contributed by atoms with Crippen LogP contribution in [0.2, 0.25) is 0 Å². The molecular weight excluding hydrogens is 270 g/mol. The minimum Gasteiger partial charge on any atom is -0.454 e. The molecule has 0 saturated carbocycles. The highest BCUT2D eigenvalue weighted by atomic mass is 16.7. The van der Waals surface area contributed by atoms with E-state index in [9.17, 15) is 4.79 Å². The zero-order valence-electron chi connectivity index (χ0n) is 11.6. The lowest BCUT2D eigenvalue weighted by molar-refractivity contribution is 0.0950. The van der Waals surface area contributed by atoms with Crippen LogP contribution in [0, 0.1) is 0 Å². The van der Waals surface area contributed by atoms with Crippen molar-refractivity contribution in [3.8, 4) is 11.5 Å². The molecule has 3 rings (SSSR count). The summed E-state index contributed by atoms with van der Waals surface area (Å²) in [5, 5.41) is 2.83. The van der Waals surface area contributed by atoms with E-state index in [4.69, 9.17) is 9.47 Å². The smallest absolute Gasteiger partial charge is 0.254 e. The van der Waals surface area contributed by atoms with Crippen LogP contribution in [-0.4, -0.2) is 22.7 Å². The monoisotopic (exact) mass is 285 g/mol. The van der Waals surface area contributed by atoms with E-state index in [-0.39, 0.29) is 12.7 Å². The minimum absolute atomic E-state index is 0.199. The first-order chi connectivity index (χ1) is 10.3. The second-order valence-corrected chi connectivity index (χ2v) is 4.61. The second-order valence-electron chi connectivity index (χ2n) is 4.61. The summed E-state index contributed by atoms with van der Waals surface area (Å²) < 4.78 is 10.5. The first-order valence-corrected chi connectivity index (χ1v) is 6.74. The van der Waals surface area contributed by atoms with Crippen LogP contribution in [0.25, 0.3) is 0 Å². The molecule has 0 fully saturated rings. The zero-order valence-corrected chi connectivity index (χ0v) is 11.6. The topological polar surface area (TPSA) is 73.3 Å². The molecule has 6 heteroatoms. The van der Waals surface area contributed by atoms with Gasteiger partial charge in [0.2, 0.25) is 6.79 Å². The number of carbonyl (C=O) groups excluding carboxylic acids is 1. The number of aromatic nitrogens is 2. The van der Waals surface area contributed by atoms with Crippen LogP contribution in [0.4, 0.5) is 0 Å². The quantitative estimate of drug-likeness (QED) is 0.925. The van der Waals surface area contributed by atoms with Gasteiger partial charge in [0, 0.05) is 25.4 Å². The van der Waals surface area contributed by atoms with Gasteiger partial charge in [-0.1, -0.05) is 13.0 Å². The lowest BCUT2D eigenvalue weighted by atomic mass is 10.2. The first kappa shape index (κ1) is 13.4. The van der Waals surface area contributed by atoms with Gasteiger partial charge in [-0.25, -0.2) is 9.97 Å². The molecule has 21 heavy (non-hydrogen) atoms. The van der Waals surface area contributed by atoms with E-state index in [1.54, 1.807) is 12.4 Å². The van der Waals surface area contributed by atoms with Crippen LogP contribution in [0.3, 0.4) is 0 Å². The Hall–Kier alpha value is -2.63. The number of amides is 1. The maximum Gasteiger partial charge on any atom is 0.254 e. The van der Waals surface area contributed by atoms with Crippen molar-refractivity contribution in [1.82, 2.24) is 15.3 Å². The number of hydrogen-bond donors (Lipinski definition) is 1. The maximum absolute atomic E-state index is 12.0. The number of rotatable bonds is 4. The Labute approximate surface area is 122 Å². The normalized spacial score (nSPS) is 12.2. The van der Waals surface area contributed by atoms with Crippen molar-refractivity contribution in [1.29, 1.82) is 0 Å². The zero-order chi connectivity index (χ0) is 14.7. The van der Waals surface area contributed by atoms with Gasteiger partial charge in [0.1, 0.15) is 5.82 Å². The van der Waals surface area contributed by atoms with E-state index in [0.29, 0.717) is 17.9 Å². The lowest BCUT2D eigenvalue weighted by Crippen LogP contribution is -2.23. The van der Waals surface area contributed by atoms with Crippen LogP contribution in [0.15, 0.2) is 30.6 Å². The largest absolute Gasteiger partial charge is 0.454 e. The van der Waals surface area contributed by atoms with Gasteiger partial charge in [0.25, 0.3) is 5.91 Å². The van der Waals surface area contributed by atoms with Crippen molar-refractivity contribution in [3.05, 3.63) is 47.5 Å². The van der Waals surface area contributed by atoms with Crippen LogP contribution in [-0.2, 0) is 13.0 Å². The van der Waals surface area contributed by atoms with Crippen LogP contribution < -0.4 is 14.8 Å². The highest BCUT2D eigenvalue weighted by Crippen LogP contribution is 2.32. The van der Waals surface area contributed by atoms with Gasteiger partial charge in [-0.3, -0.25) is 4.79 Å². The van der Waals surface area contributed by atoms with E-state index in [2.05, 4.69) is 15.3 Å². The number of nitrogens with one attached hydrogen (secondary N) is 1. The number of ether oxygens (including phenoxy) is 2. The van der Waals surface area contributed by atoms with Crippen molar-refractivity contribution in [3.63, 3.8) is 0 Å². The molecule has 0 bridgehead atoms. The summed E-state index contributed by atoms with van der Waals surface area (Å²) in [6, 6.07) is 5.59. The molecule has 1 amide bonds. The summed E-state index contributed by atoms with van der Waals surface area (Å²) in [6.07, 6.45) is 3.83. The molecule has 0 spiro atoms. The van der Waals surface area contributed by atoms with Gasteiger partial charge in [-0.15, -0.1) is 0 Å². The molecule has 2 heterocycles. The number of aryl methyl sites for hydroxylation is 1. The molecule has 108 valence electrons. The summed E-state index contributed by atoms with van der Waals surface area (Å²) in [4.78, 5) is 20.2. The average Bonchev–Trinajstić information content (AvgIpc) is 3.00. The second kappa shape index (κ2) is 5.78. The van der Waals surface area contributed by atoms with Crippen LogP contribution in [0.1, 0.15) is 28.7 Å². The van der Waals surface area contributed by atoms with Gasteiger partial charge in [-0.2, -0.15) is 0 Å². The molecule has 0 radical (unpaired) electrons. The summed E-state index contributed by atoms with van der Waals surface area (Å²) in [6.45, 7) is 2.62. The molecule has 1 N–H and O–H groups in total. The highest BCUT2D eigenvalue weighted by Gasteiger charge is 2.13. The van der Waals surface area contributed by atoms with Gasteiger partial charge < -0.3 is 14.8 Å². The van der Waals surface area contributed by atoms with E-state index in [1.807, 2.05) is 25.1 Å². The molecule has 1 aromatic heterocycles. The van der Waals surface area contributed by atoms with Crippen molar-refractivity contribution < 1.29 is 14.3 Å². The molecule has 2 aromatic rings. The molecule has 0 unspecified atom stereocenters. The Balaban J connectivity index is 1.62. The van der Waals surface area contributed by atoms with Gasteiger partial charge in [-0.05, 0) is 17.7 Å². The molecular formula is C15H15N3O3. The van der Waals surface area contributed by atoms with Crippen LogP contribution >= 0.6 is 0 Å². The molecule has 0 saturated heterocycles. The average molecular weight is 285 g/mol. The number of fused-ring (bicyclic) bond motifs is 1. The van der Waals surface area contributed by atoms with E-state index in [0.717, 1.165) is 23.6 Å². The fraction of sp³-hybridized carbons (Fsp3) is 0.267. The van der Waals surface area contributed by atoms with E-state index >= 15 is 0 Å². The third-order valence-corrected chi connectivity index (χ3v) is 3.17. The SMILES string of the molecule is CCc1ncc(C(=O)NCc2ccc3c(c2)OCO3)cn1. The Kier molecular flexibility index (Phi) is 3.68. The number of hydrogen-bond acceptors (Lipinski definition) is 5. The Morgan fingerprint density at radius 1 is 1.24 bits per heavy atom. The van der Waals surface area contributed by atoms with Crippen molar-refractivity contribution in [2.45, 2.75) is 19.9 Å². The summed E-state index contributed by atoms with van der Waals surface area (Å²) >= 11 is 0. The molecule has 6 nitrogen and oxygen atoms in total. The van der Waals surface area contributed by atoms with Crippen molar-refractivity contribution >= 4 is 5.91 Å². The fourth-order valence-corrected chi connectivity index (χ4v) is 1.99. The maximum atomic E-state index is 12.0. The highest BCUT2D eigenvalue weighted by molar-refractivity contribution is 5.93. The molecule has 1 aliphatic heterocycles. The first-order valence-electron chi connectivity index (χ1n) is 6.74. The predicted molar refractivity (Wildman–Crippen MR) is 75.1 cm³/mol. The summed E-state index contributed by atoms with van der Waals surface area (Å²) in [7, 11) is 0. The summed E-state index contributed by atoms with van der Waals surface area (Å²) in [5.74, 6) is 1.96. The van der Waals surface area contributed by atoms with Gasteiger partial charge in [0.15, 0.2) is 11.5 Å². The van der Waals surface area contributed by atoms with Gasteiger partial charge >= 0.3 is 0 Å². The Morgan fingerprint density at radius 2 is 2.00 bits per heavy atom. The number of benzene rings is 1. The van der Waals surface area contributed by atoms with E-state index in [1.165, 1.54) is 0 Å². The fourth-order valence-electron chi connectivity index (χ4n) is 1.99. The number of nitrogens with zero attached hydrogens (tertiary/aromatic N) is 2. The standard InChI is InChI=1S/C15H15N3O3/c1-2-14-16-7-11(8-17-14)15(19)18-6-10-3-4-12-13(5-10)21-9-20-12/h3-5,7-8H,2,6,9H2,1H3,(H,18,19). The molecule has 0 aliphatic carbocycles. The minimum atomic E-state index is -0.199. The predicted octanol–water partition coefficient (Wildman–Crippen LogP) is 1.70. The number of carbonyl (C=O) groups is 1. The Morgan fingerprint density at radius 3 is 2.76 bits per heavy atom. The molecule has 1 aromatic carbocycles. The van der Waals surface area contributed by atoms with Crippen LogP contribution in [0.5, 0.6) is 11.5 Å². The van der Waals surface area contributed by atoms with Crippen molar-refractivity contribution in [2.24, 2.45) is 0 Å². The molecule has 0 atom stereocenters.